The van der Waals surface area contributed by atoms with E-state index >= 15 is 0 Å². The van der Waals surface area contributed by atoms with E-state index in [4.69, 9.17) is 14.7 Å². The molecule has 0 aliphatic carbocycles. The van der Waals surface area contributed by atoms with Gasteiger partial charge in [-0.1, -0.05) is 31.2 Å². The molecule has 1 rings (SSSR count). The molecule has 3 atom stereocenters. The number of carbonyl (C=O) groups excluding carboxylic acids is 1. The lowest BCUT2D eigenvalue weighted by molar-refractivity contribution is 0.00386. The molecule has 0 radical (unpaired) electrons. The lowest BCUT2D eigenvalue weighted by atomic mass is 9.94. The predicted molar refractivity (Wildman–Crippen MR) is 106 cm³/mol. The first-order valence-electron chi connectivity index (χ1n) is 9.12. The van der Waals surface area contributed by atoms with Gasteiger partial charge in [0.15, 0.2) is 0 Å². The first-order chi connectivity index (χ1) is 13.0. The Morgan fingerprint density at radius 3 is 2.70 bits per heavy atom. The third-order valence-corrected chi connectivity index (χ3v) is 4.45. The van der Waals surface area contributed by atoms with Gasteiger partial charge in [-0.2, -0.15) is 5.26 Å². The van der Waals surface area contributed by atoms with Crippen molar-refractivity contribution in [2.24, 2.45) is 5.92 Å². The molecule has 0 saturated heterocycles. The second-order valence-electron chi connectivity index (χ2n) is 6.52. The van der Waals surface area contributed by atoms with Crippen molar-refractivity contribution in [1.82, 2.24) is 0 Å². The van der Waals surface area contributed by atoms with Crippen molar-refractivity contribution >= 4 is 5.97 Å². The summed E-state index contributed by atoms with van der Waals surface area (Å²) >= 11 is 0. The van der Waals surface area contributed by atoms with Crippen LogP contribution in [0.4, 0.5) is 0 Å². The van der Waals surface area contributed by atoms with Gasteiger partial charge in [-0.3, -0.25) is 0 Å². The van der Waals surface area contributed by atoms with Gasteiger partial charge in [0, 0.05) is 12.8 Å². The Kier molecular flexibility index (Phi) is 9.92. The highest BCUT2D eigenvalue weighted by Gasteiger charge is 2.25. The van der Waals surface area contributed by atoms with Crippen LogP contribution >= 0.6 is 0 Å². The summed E-state index contributed by atoms with van der Waals surface area (Å²) in [5.74, 6) is -0.0943. The van der Waals surface area contributed by atoms with E-state index in [0.717, 1.165) is 5.56 Å². The summed E-state index contributed by atoms with van der Waals surface area (Å²) in [4.78, 5) is 12.9. The molecular formula is C22H29NO4. The molecule has 0 bridgehead atoms. The van der Waals surface area contributed by atoms with E-state index in [0.29, 0.717) is 30.6 Å². The number of methoxy groups -OCH3 is 1. The van der Waals surface area contributed by atoms with E-state index in [2.05, 4.69) is 19.2 Å². The highest BCUT2D eigenvalue weighted by Crippen LogP contribution is 2.26. The molecule has 1 aromatic carbocycles. The Morgan fingerprint density at radius 1 is 1.37 bits per heavy atom. The van der Waals surface area contributed by atoms with Crippen LogP contribution in [0.2, 0.25) is 0 Å². The molecular weight excluding hydrogens is 342 g/mol. The molecule has 0 amide bonds. The Hall–Kier alpha value is -2.58. The zero-order chi connectivity index (χ0) is 20.2. The van der Waals surface area contributed by atoms with Crippen LogP contribution in [0.15, 0.2) is 43.5 Å². The van der Waals surface area contributed by atoms with Crippen molar-refractivity contribution in [2.45, 2.75) is 51.2 Å². The van der Waals surface area contributed by atoms with E-state index in [-0.39, 0.29) is 18.8 Å². The Morgan fingerprint density at radius 2 is 2.11 bits per heavy atom. The van der Waals surface area contributed by atoms with Crippen molar-refractivity contribution in [2.75, 3.05) is 7.11 Å². The first-order valence-corrected chi connectivity index (χ1v) is 9.12. The van der Waals surface area contributed by atoms with Crippen LogP contribution in [0.25, 0.3) is 0 Å². The van der Waals surface area contributed by atoms with Crippen LogP contribution in [0.5, 0.6) is 5.75 Å². The number of hydrogen-bond acceptors (Lipinski definition) is 5. The van der Waals surface area contributed by atoms with Crippen LogP contribution in [-0.2, 0) is 11.2 Å². The number of hydrogen-bond donors (Lipinski definition) is 1. The minimum absolute atomic E-state index is 0.00613. The maximum Gasteiger partial charge on any atom is 0.342 e. The van der Waals surface area contributed by atoms with E-state index in [1.807, 2.05) is 19.1 Å². The molecule has 27 heavy (non-hydrogen) atoms. The van der Waals surface area contributed by atoms with Gasteiger partial charge < -0.3 is 14.6 Å². The molecule has 0 aromatic heterocycles. The number of nitrogens with zero attached hydrogens (tertiary/aromatic N) is 1. The number of benzene rings is 1. The van der Waals surface area contributed by atoms with E-state index in [1.54, 1.807) is 18.2 Å². The fourth-order valence-electron chi connectivity index (χ4n) is 2.89. The van der Waals surface area contributed by atoms with Gasteiger partial charge >= 0.3 is 5.97 Å². The number of rotatable bonds is 12. The quantitative estimate of drug-likeness (QED) is 0.440. The average Bonchev–Trinajstić information content (AvgIpc) is 2.66. The molecule has 0 spiro atoms. The standard InChI is InChI=1S/C22H29NO4/c1-5-9-16(3)19(24)15-18(12-8-14-23)27-22(25)21-17(10-6-2)11-7-13-20(21)26-4/h5-7,11,13,16,18-19,24H,1-2,8-10,12,15H2,3-4H3/t16-,18-,19-/m0/s1. The molecule has 5 heteroatoms. The van der Waals surface area contributed by atoms with Crippen LogP contribution in [0, 0.1) is 17.2 Å². The maximum absolute atomic E-state index is 12.9. The third-order valence-electron chi connectivity index (χ3n) is 4.45. The number of nitriles is 1. The molecule has 1 N–H and O–H groups in total. The van der Waals surface area contributed by atoms with Crippen LogP contribution in [0.1, 0.15) is 48.5 Å². The molecule has 1 aromatic rings. The molecule has 5 nitrogen and oxygen atoms in total. The van der Waals surface area contributed by atoms with E-state index in [9.17, 15) is 9.90 Å². The number of aliphatic hydroxyl groups is 1. The van der Waals surface area contributed by atoms with Crippen molar-refractivity contribution in [3.8, 4) is 11.8 Å². The van der Waals surface area contributed by atoms with Crippen molar-refractivity contribution in [3.05, 3.63) is 54.6 Å². The zero-order valence-corrected chi connectivity index (χ0v) is 16.2. The average molecular weight is 371 g/mol. The zero-order valence-electron chi connectivity index (χ0n) is 16.2. The summed E-state index contributed by atoms with van der Waals surface area (Å²) in [6.07, 6.45) is 4.30. The maximum atomic E-state index is 12.9. The van der Waals surface area contributed by atoms with Gasteiger partial charge in [-0.25, -0.2) is 4.79 Å². The Labute approximate surface area is 161 Å². The van der Waals surface area contributed by atoms with Gasteiger partial charge in [0.1, 0.15) is 17.4 Å². The number of allylic oxidation sites excluding steroid dienone is 2. The fraction of sp³-hybridized carbons (Fsp3) is 0.455. The van der Waals surface area contributed by atoms with Gasteiger partial charge in [0.25, 0.3) is 0 Å². The summed E-state index contributed by atoms with van der Waals surface area (Å²) in [7, 11) is 1.50. The largest absolute Gasteiger partial charge is 0.496 e. The number of carbonyl (C=O) groups is 1. The second-order valence-corrected chi connectivity index (χ2v) is 6.52. The van der Waals surface area contributed by atoms with Gasteiger partial charge in [-0.15, -0.1) is 13.2 Å². The number of aliphatic hydroxyl groups excluding tert-OH is 1. The molecule has 0 saturated carbocycles. The SMILES string of the molecule is C=CCc1cccc(OC)c1C(=O)O[C@@H](CCC#N)C[C@H](O)[C@@H](C)CC=C. The summed E-state index contributed by atoms with van der Waals surface area (Å²) in [5, 5.41) is 19.3. The van der Waals surface area contributed by atoms with E-state index < -0.39 is 18.2 Å². The summed E-state index contributed by atoms with van der Waals surface area (Å²) in [5.41, 5.74) is 1.12. The predicted octanol–water partition coefficient (Wildman–Crippen LogP) is 4.22. The summed E-state index contributed by atoms with van der Waals surface area (Å²) in [6.45, 7) is 9.32. The Bertz CT molecular complexity index is 677. The van der Waals surface area contributed by atoms with Gasteiger partial charge in [-0.05, 0) is 36.8 Å². The van der Waals surface area contributed by atoms with Crippen LogP contribution in [0.3, 0.4) is 0 Å². The number of ether oxygens (including phenoxy) is 2. The monoisotopic (exact) mass is 371 g/mol. The molecule has 0 unspecified atom stereocenters. The van der Waals surface area contributed by atoms with Crippen molar-refractivity contribution in [1.29, 1.82) is 5.26 Å². The number of esters is 1. The summed E-state index contributed by atoms with van der Waals surface area (Å²) in [6, 6.07) is 7.40. The van der Waals surface area contributed by atoms with Crippen LogP contribution in [-0.4, -0.2) is 30.4 Å². The minimum Gasteiger partial charge on any atom is -0.496 e. The normalized spacial score (nSPS) is 13.7. The lowest BCUT2D eigenvalue weighted by Gasteiger charge is -2.24. The molecule has 0 heterocycles. The third kappa shape index (κ3) is 6.92. The minimum atomic E-state index is -0.648. The molecule has 0 aliphatic rings. The van der Waals surface area contributed by atoms with Gasteiger partial charge in [0.05, 0.1) is 19.3 Å². The van der Waals surface area contributed by atoms with Crippen LogP contribution < -0.4 is 4.74 Å². The molecule has 146 valence electrons. The van der Waals surface area contributed by atoms with Crippen molar-refractivity contribution in [3.63, 3.8) is 0 Å². The highest BCUT2D eigenvalue weighted by atomic mass is 16.5. The smallest absolute Gasteiger partial charge is 0.342 e. The summed E-state index contributed by atoms with van der Waals surface area (Å²) < 4.78 is 11.0. The first kappa shape index (κ1) is 22.5. The second kappa shape index (κ2) is 11.9. The molecule has 0 fully saturated rings. The van der Waals surface area contributed by atoms with Crippen molar-refractivity contribution < 1.29 is 19.4 Å². The lowest BCUT2D eigenvalue weighted by Crippen LogP contribution is -2.28. The highest BCUT2D eigenvalue weighted by molar-refractivity contribution is 5.94. The molecule has 0 aliphatic heterocycles. The fourth-order valence-corrected chi connectivity index (χ4v) is 2.89. The van der Waals surface area contributed by atoms with E-state index in [1.165, 1.54) is 7.11 Å². The Balaban J connectivity index is 3.01. The topological polar surface area (TPSA) is 79.5 Å². The van der Waals surface area contributed by atoms with Gasteiger partial charge in [0.2, 0.25) is 0 Å².